The number of rotatable bonds is 1. The van der Waals surface area contributed by atoms with Crippen LogP contribution in [-0.2, 0) is 0 Å². The number of fused-ring (bicyclic) bond motifs is 1. The van der Waals surface area contributed by atoms with E-state index in [2.05, 4.69) is 4.98 Å². The molecule has 0 bridgehead atoms. The van der Waals surface area contributed by atoms with Gasteiger partial charge in [-0.05, 0) is 18.2 Å². The summed E-state index contributed by atoms with van der Waals surface area (Å²) in [5.41, 5.74) is 2.65. The van der Waals surface area contributed by atoms with Gasteiger partial charge in [-0.3, -0.25) is 0 Å². The van der Waals surface area contributed by atoms with Crippen molar-refractivity contribution in [1.29, 1.82) is 0 Å². The van der Waals surface area contributed by atoms with E-state index >= 15 is 0 Å². The van der Waals surface area contributed by atoms with E-state index in [0.717, 1.165) is 22.0 Å². The minimum absolute atomic E-state index is 0.474. The van der Waals surface area contributed by atoms with Gasteiger partial charge in [-0.2, -0.15) is 0 Å². The van der Waals surface area contributed by atoms with E-state index in [1.54, 1.807) is 0 Å². The molecule has 3 heteroatoms. The van der Waals surface area contributed by atoms with Crippen LogP contribution in [0.15, 0.2) is 54.6 Å². The first-order valence-corrected chi connectivity index (χ1v) is 6.31. The second kappa shape index (κ2) is 4.60. The molecule has 0 atom stereocenters. The van der Waals surface area contributed by atoms with Crippen molar-refractivity contribution in [3.63, 3.8) is 0 Å². The Bertz CT molecular complexity index is 723. The summed E-state index contributed by atoms with van der Waals surface area (Å²) in [5.74, 6) is 0. The van der Waals surface area contributed by atoms with Crippen LogP contribution in [0.4, 0.5) is 0 Å². The molecule has 3 rings (SSSR count). The summed E-state index contributed by atoms with van der Waals surface area (Å²) in [6.07, 6.45) is 0. The van der Waals surface area contributed by atoms with Gasteiger partial charge in [0.2, 0.25) is 0 Å². The van der Waals surface area contributed by atoms with E-state index in [4.69, 9.17) is 23.2 Å². The predicted molar refractivity (Wildman–Crippen MR) is 77.2 cm³/mol. The van der Waals surface area contributed by atoms with Crippen molar-refractivity contribution in [2.24, 2.45) is 0 Å². The van der Waals surface area contributed by atoms with Gasteiger partial charge < -0.3 is 0 Å². The van der Waals surface area contributed by atoms with Crippen LogP contribution in [0.3, 0.4) is 0 Å². The maximum absolute atomic E-state index is 6.24. The zero-order valence-electron chi connectivity index (χ0n) is 9.40. The van der Waals surface area contributed by atoms with Gasteiger partial charge in [0.15, 0.2) is 0 Å². The second-order valence-corrected chi connectivity index (χ2v) is 4.76. The van der Waals surface area contributed by atoms with Gasteiger partial charge in [0.25, 0.3) is 0 Å². The van der Waals surface area contributed by atoms with Crippen molar-refractivity contribution in [3.05, 3.63) is 64.8 Å². The van der Waals surface area contributed by atoms with Gasteiger partial charge in [-0.25, -0.2) is 4.98 Å². The smallest absolute Gasteiger partial charge is 0.137 e. The van der Waals surface area contributed by atoms with E-state index in [1.807, 2.05) is 54.6 Å². The number of halogens is 2. The van der Waals surface area contributed by atoms with E-state index in [-0.39, 0.29) is 0 Å². The Morgan fingerprint density at radius 2 is 1.50 bits per heavy atom. The topological polar surface area (TPSA) is 12.9 Å². The molecule has 18 heavy (non-hydrogen) atoms. The monoisotopic (exact) mass is 273 g/mol. The highest BCUT2D eigenvalue weighted by atomic mass is 35.5. The fraction of sp³-hybridized carbons (Fsp3) is 0. The highest BCUT2D eigenvalue weighted by molar-refractivity contribution is 6.36. The first kappa shape index (κ1) is 11.5. The number of para-hydroxylation sites is 1. The number of benzene rings is 2. The lowest BCUT2D eigenvalue weighted by Crippen LogP contribution is -1.86. The SMILES string of the molecule is Clc1ccccc1-c1cc2ccccc2nc1Cl. The molecule has 0 saturated heterocycles. The summed E-state index contributed by atoms with van der Waals surface area (Å²) >= 11 is 12.4. The van der Waals surface area contributed by atoms with Gasteiger partial charge in [0, 0.05) is 21.5 Å². The molecule has 0 aliphatic rings. The van der Waals surface area contributed by atoms with E-state index in [1.165, 1.54) is 0 Å². The Labute approximate surface area is 115 Å². The summed E-state index contributed by atoms with van der Waals surface area (Å²) in [5, 5.41) is 2.20. The number of hydrogen-bond acceptors (Lipinski definition) is 1. The van der Waals surface area contributed by atoms with Crippen molar-refractivity contribution in [2.45, 2.75) is 0 Å². The molecule has 0 radical (unpaired) electrons. The van der Waals surface area contributed by atoms with Crippen LogP contribution in [0.2, 0.25) is 10.2 Å². The van der Waals surface area contributed by atoms with Crippen molar-refractivity contribution in [1.82, 2.24) is 4.98 Å². The highest BCUT2D eigenvalue weighted by Crippen LogP contribution is 2.33. The number of hydrogen-bond donors (Lipinski definition) is 0. The largest absolute Gasteiger partial charge is 0.235 e. The Balaban J connectivity index is 2.30. The zero-order chi connectivity index (χ0) is 12.5. The maximum atomic E-state index is 6.24. The molecule has 1 heterocycles. The van der Waals surface area contributed by atoms with Gasteiger partial charge in [0.1, 0.15) is 5.15 Å². The number of nitrogens with zero attached hydrogens (tertiary/aromatic N) is 1. The van der Waals surface area contributed by atoms with Crippen molar-refractivity contribution >= 4 is 34.1 Å². The lowest BCUT2D eigenvalue weighted by atomic mass is 10.1. The van der Waals surface area contributed by atoms with Crippen LogP contribution in [0.25, 0.3) is 22.0 Å². The average Bonchev–Trinajstić information content (AvgIpc) is 2.39. The van der Waals surface area contributed by atoms with Crippen LogP contribution in [0.1, 0.15) is 0 Å². The molecule has 88 valence electrons. The molecule has 0 amide bonds. The molecule has 0 spiro atoms. The molecule has 1 aromatic heterocycles. The first-order chi connectivity index (χ1) is 8.75. The predicted octanol–water partition coefficient (Wildman–Crippen LogP) is 5.21. The Morgan fingerprint density at radius 1 is 0.778 bits per heavy atom. The third kappa shape index (κ3) is 1.96. The van der Waals surface area contributed by atoms with Crippen LogP contribution in [0, 0.1) is 0 Å². The molecule has 0 aliphatic carbocycles. The Hall–Kier alpha value is -1.57. The minimum atomic E-state index is 0.474. The molecule has 0 saturated carbocycles. The number of pyridine rings is 1. The third-order valence-electron chi connectivity index (χ3n) is 2.84. The Morgan fingerprint density at radius 3 is 2.33 bits per heavy atom. The van der Waals surface area contributed by atoms with Crippen LogP contribution < -0.4 is 0 Å². The number of aromatic nitrogens is 1. The molecule has 3 aromatic rings. The molecule has 0 fully saturated rings. The van der Waals surface area contributed by atoms with Gasteiger partial charge in [-0.15, -0.1) is 0 Å². The summed E-state index contributed by atoms with van der Waals surface area (Å²) < 4.78 is 0. The third-order valence-corrected chi connectivity index (χ3v) is 3.46. The molecule has 0 N–H and O–H groups in total. The summed E-state index contributed by atoms with van der Waals surface area (Å²) in [7, 11) is 0. The lowest BCUT2D eigenvalue weighted by Gasteiger charge is -2.07. The highest BCUT2D eigenvalue weighted by Gasteiger charge is 2.09. The molecule has 0 unspecified atom stereocenters. The van der Waals surface area contributed by atoms with Crippen molar-refractivity contribution < 1.29 is 0 Å². The second-order valence-electron chi connectivity index (χ2n) is 4.00. The van der Waals surface area contributed by atoms with Crippen LogP contribution in [-0.4, -0.2) is 4.98 Å². The fourth-order valence-corrected chi connectivity index (χ4v) is 2.45. The summed E-state index contributed by atoms with van der Waals surface area (Å²) in [6.45, 7) is 0. The van der Waals surface area contributed by atoms with E-state index in [9.17, 15) is 0 Å². The van der Waals surface area contributed by atoms with E-state index < -0.39 is 0 Å². The fourth-order valence-electron chi connectivity index (χ4n) is 1.96. The average molecular weight is 274 g/mol. The molecule has 0 aliphatic heterocycles. The van der Waals surface area contributed by atoms with E-state index in [0.29, 0.717) is 10.2 Å². The van der Waals surface area contributed by atoms with Crippen molar-refractivity contribution in [2.75, 3.05) is 0 Å². The van der Waals surface area contributed by atoms with Gasteiger partial charge in [0.05, 0.1) is 5.52 Å². The Kier molecular flexibility index (Phi) is 2.94. The van der Waals surface area contributed by atoms with Crippen molar-refractivity contribution in [3.8, 4) is 11.1 Å². The minimum Gasteiger partial charge on any atom is -0.235 e. The van der Waals surface area contributed by atoms with Crippen LogP contribution in [0.5, 0.6) is 0 Å². The first-order valence-electron chi connectivity index (χ1n) is 5.56. The molecule has 2 aromatic carbocycles. The summed E-state index contributed by atoms with van der Waals surface area (Å²) in [6, 6.07) is 17.5. The molecular weight excluding hydrogens is 265 g/mol. The summed E-state index contributed by atoms with van der Waals surface area (Å²) in [4.78, 5) is 4.40. The maximum Gasteiger partial charge on any atom is 0.137 e. The van der Waals surface area contributed by atoms with Crippen LogP contribution >= 0.6 is 23.2 Å². The standard InChI is InChI=1S/C15H9Cl2N/c16-13-7-3-2-6-11(13)12-9-10-5-1-4-8-14(10)18-15(12)17/h1-9H. The van der Waals surface area contributed by atoms with Gasteiger partial charge >= 0.3 is 0 Å². The zero-order valence-corrected chi connectivity index (χ0v) is 10.9. The molecule has 1 nitrogen and oxygen atoms in total. The lowest BCUT2D eigenvalue weighted by molar-refractivity contribution is 1.41. The van der Waals surface area contributed by atoms with Gasteiger partial charge in [-0.1, -0.05) is 59.6 Å². The quantitative estimate of drug-likeness (QED) is 0.555. The normalized spacial score (nSPS) is 10.8. The molecular formula is C15H9Cl2N.